The van der Waals surface area contributed by atoms with Crippen molar-refractivity contribution < 1.29 is 4.42 Å². The standard InChI is InChI=1S/C10H8Cl2N2O/c11-7-2-1-6(3-8(7)12)10(13)9-4-14-5-15-9/h1-5,10H,13H2/t10-/m0/s1. The maximum atomic E-state index is 5.94. The van der Waals surface area contributed by atoms with Gasteiger partial charge in [0.05, 0.1) is 22.3 Å². The molecular formula is C10H8Cl2N2O. The first-order valence-corrected chi connectivity index (χ1v) is 5.03. The van der Waals surface area contributed by atoms with Gasteiger partial charge in [0.2, 0.25) is 0 Å². The number of benzene rings is 1. The average Bonchev–Trinajstić information content (AvgIpc) is 2.74. The molecule has 0 saturated carbocycles. The SMILES string of the molecule is N[C@@H](c1ccc(Cl)c(Cl)c1)c1cnco1. The maximum absolute atomic E-state index is 5.94. The highest BCUT2D eigenvalue weighted by Crippen LogP contribution is 2.27. The maximum Gasteiger partial charge on any atom is 0.180 e. The van der Waals surface area contributed by atoms with E-state index < -0.39 is 0 Å². The van der Waals surface area contributed by atoms with Gasteiger partial charge in [-0.05, 0) is 17.7 Å². The molecule has 1 heterocycles. The summed E-state index contributed by atoms with van der Waals surface area (Å²) in [6.07, 6.45) is 2.92. The Labute approximate surface area is 96.8 Å². The normalized spacial score (nSPS) is 12.7. The van der Waals surface area contributed by atoms with Crippen LogP contribution in [-0.4, -0.2) is 4.98 Å². The molecule has 15 heavy (non-hydrogen) atoms. The molecule has 1 aromatic heterocycles. The van der Waals surface area contributed by atoms with Gasteiger partial charge in [-0.3, -0.25) is 0 Å². The Morgan fingerprint density at radius 2 is 2.07 bits per heavy atom. The molecule has 2 rings (SSSR count). The number of nitrogens with zero attached hydrogens (tertiary/aromatic N) is 1. The van der Waals surface area contributed by atoms with Crippen LogP contribution in [0.15, 0.2) is 35.2 Å². The van der Waals surface area contributed by atoms with Gasteiger partial charge in [-0.2, -0.15) is 0 Å². The summed E-state index contributed by atoms with van der Waals surface area (Å²) in [7, 11) is 0. The van der Waals surface area contributed by atoms with Crippen LogP contribution in [0.25, 0.3) is 0 Å². The van der Waals surface area contributed by atoms with Crippen LogP contribution >= 0.6 is 23.2 Å². The van der Waals surface area contributed by atoms with Crippen molar-refractivity contribution in [2.45, 2.75) is 6.04 Å². The van der Waals surface area contributed by atoms with Gasteiger partial charge in [0, 0.05) is 0 Å². The van der Waals surface area contributed by atoms with Gasteiger partial charge in [-0.15, -0.1) is 0 Å². The first-order valence-electron chi connectivity index (χ1n) is 4.27. The molecule has 0 spiro atoms. The summed E-state index contributed by atoms with van der Waals surface area (Å²) in [5, 5.41) is 0.981. The molecule has 1 atom stereocenters. The van der Waals surface area contributed by atoms with Crippen molar-refractivity contribution >= 4 is 23.2 Å². The van der Waals surface area contributed by atoms with Crippen molar-refractivity contribution in [1.82, 2.24) is 4.98 Å². The minimum atomic E-state index is -0.373. The molecule has 78 valence electrons. The summed E-state index contributed by atoms with van der Waals surface area (Å²) in [5.41, 5.74) is 6.78. The molecule has 5 heteroatoms. The monoisotopic (exact) mass is 242 g/mol. The van der Waals surface area contributed by atoms with Crippen LogP contribution in [0, 0.1) is 0 Å². The fourth-order valence-electron chi connectivity index (χ4n) is 1.25. The third-order valence-electron chi connectivity index (χ3n) is 2.06. The lowest BCUT2D eigenvalue weighted by Gasteiger charge is -2.09. The smallest absolute Gasteiger partial charge is 0.180 e. The zero-order valence-electron chi connectivity index (χ0n) is 7.65. The quantitative estimate of drug-likeness (QED) is 0.881. The predicted molar refractivity (Wildman–Crippen MR) is 59.0 cm³/mol. The summed E-state index contributed by atoms with van der Waals surface area (Å²) in [4.78, 5) is 3.80. The lowest BCUT2D eigenvalue weighted by atomic mass is 10.1. The molecule has 0 unspecified atom stereocenters. The fourth-order valence-corrected chi connectivity index (χ4v) is 1.56. The van der Waals surface area contributed by atoms with Crippen molar-refractivity contribution in [2.24, 2.45) is 5.73 Å². The molecule has 1 aromatic carbocycles. The highest BCUT2D eigenvalue weighted by Gasteiger charge is 2.13. The van der Waals surface area contributed by atoms with Gasteiger partial charge in [0.25, 0.3) is 0 Å². The Morgan fingerprint density at radius 1 is 1.27 bits per heavy atom. The van der Waals surface area contributed by atoms with Crippen molar-refractivity contribution in [3.8, 4) is 0 Å². The van der Waals surface area contributed by atoms with E-state index in [2.05, 4.69) is 4.98 Å². The second-order valence-corrected chi connectivity index (χ2v) is 3.87. The van der Waals surface area contributed by atoms with Gasteiger partial charge in [0.15, 0.2) is 6.39 Å². The van der Waals surface area contributed by atoms with E-state index >= 15 is 0 Å². The first-order chi connectivity index (χ1) is 7.18. The largest absolute Gasteiger partial charge is 0.446 e. The van der Waals surface area contributed by atoms with Crippen molar-refractivity contribution in [1.29, 1.82) is 0 Å². The van der Waals surface area contributed by atoms with Crippen LogP contribution in [0.2, 0.25) is 10.0 Å². The van der Waals surface area contributed by atoms with E-state index in [0.717, 1.165) is 5.56 Å². The lowest BCUT2D eigenvalue weighted by Crippen LogP contribution is -2.10. The van der Waals surface area contributed by atoms with Gasteiger partial charge >= 0.3 is 0 Å². The number of hydrogen-bond acceptors (Lipinski definition) is 3. The minimum Gasteiger partial charge on any atom is -0.446 e. The number of halogens is 2. The molecule has 0 aliphatic carbocycles. The highest BCUT2D eigenvalue weighted by molar-refractivity contribution is 6.42. The summed E-state index contributed by atoms with van der Waals surface area (Å²) in [5.74, 6) is 0.591. The Morgan fingerprint density at radius 3 is 2.67 bits per heavy atom. The zero-order chi connectivity index (χ0) is 10.8. The van der Waals surface area contributed by atoms with E-state index in [0.29, 0.717) is 15.8 Å². The molecule has 0 aliphatic heterocycles. The third kappa shape index (κ3) is 2.15. The topological polar surface area (TPSA) is 52.0 Å². The molecule has 0 amide bonds. The van der Waals surface area contributed by atoms with Crippen LogP contribution in [0.5, 0.6) is 0 Å². The molecule has 3 nitrogen and oxygen atoms in total. The second kappa shape index (κ2) is 4.23. The van der Waals surface area contributed by atoms with Gasteiger partial charge < -0.3 is 10.2 Å². The molecule has 0 saturated heterocycles. The van der Waals surface area contributed by atoms with Crippen molar-refractivity contribution in [3.63, 3.8) is 0 Å². The molecule has 0 bridgehead atoms. The first kappa shape index (κ1) is 10.5. The number of oxazole rings is 1. The molecule has 0 fully saturated rings. The Kier molecular flexibility index (Phi) is 2.95. The van der Waals surface area contributed by atoms with E-state index in [1.165, 1.54) is 6.39 Å². The number of rotatable bonds is 2. The second-order valence-electron chi connectivity index (χ2n) is 3.06. The Balaban J connectivity index is 2.34. The minimum absolute atomic E-state index is 0.373. The van der Waals surface area contributed by atoms with Crippen molar-refractivity contribution in [2.75, 3.05) is 0 Å². The summed E-state index contributed by atoms with van der Waals surface area (Å²) in [6.45, 7) is 0. The van der Waals surface area contributed by atoms with E-state index in [-0.39, 0.29) is 6.04 Å². The van der Waals surface area contributed by atoms with E-state index in [4.69, 9.17) is 33.4 Å². The fraction of sp³-hybridized carbons (Fsp3) is 0.100. The van der Waals surface area contributed by atoms with Crippen LogP contribution in [-0.2, 0) is 0 Å². The summed E-state index contributed by atoms with van der Waals surface area (Å²) in [6, 6.07) is 4.86. The number of aromatic nitrogens is 1. The summed E-state index contributed by atoms with van der Waals surface area (Å²) < 4.78 is 5.11. The van der Waals surface area contributed by atoms with E-state index in [1.54, 1.807) is 24.4 Å². The molecule has 2 aromatic rings. The predicted octanol–water partition coefficient (Wildman–Crippen LogP) is 3.03. The van der Waals surface area contributed by atoms with Crippen molar-refractivity contribution in [3.05, 3.63) is 52.2 Å². The van der Waals surface area contributed by atoms with Crippen LogP contribution in [0.4, 0.5) is 0 Å². The van der Waals surface area contributed by atoms with Crippen LogP contribution < -0.4 is 5.73 Å². The lowest BCUT2D eigenvalue weighted by molar-refractivity contribution is 0.485. The Hall–Kier alpha value is -1.03. The highest BCUT2D eigenvalue weighted by atomic mass is 35.5. The van der Waals surface area contributed by atoms with Gasteiger partial charge in [-0.1, -0.05) is 29.3 Å². The van der Waals surface area contributed by atoms with E-state index in [9.17, 15) is 0 Å². The van der Waals surface area contributed by atoms with E-state index in [1.807, 2.05) is 0 Å². The van der Waals surface area contributed by atoms with Gasteiger partial charge in [0.1, 0.15) is 5.76 Å². The molecular weight excluding hydrogens is 235 g/mol. The number of nitrogens with two attached hydrogens (primary N) is 1. The average molecular weight is 243 g/mol. The molecule has 0 radical (unpaired) electrons. The van der Waals surface area contributed by atoms with Crippen LogP contribution in [0.1, 0.15) is 17.4 Å². The molecule has 2 N–H and O–H groups in total. The van der Waals surface area contributed by atoms with Gasteiger partial charge in [-0.25, -0.2) is 4.98 Å². The van der Waals surface area contributed by atoms with Crippen LogP contribution in [0.3, 0.4) is 0 Å². The number of hydrogen-bond donors (Lipinski definition) is 1. The Bertz CT molecular complexity index is 456. The molecule has 0 aliphatic rings. The summed E-state index contributed by atoms with van der Waals surface area (Å²) >= 11 is 11.7. The third-order valence-corrected chi connectivity index (χ3v) is 2.80. The zero-order valence-corrected chi connectivity index (χ0v) is 9.16.